The molecule has 1 aromatic rings. The minimum atomic E-state index is -1.79. The van der Waals surface area contributed by atoms with Gasteiger partial charge >= 0.3 is 0 Å². The number of benzene rings is 1. The van der Waals surface area contributed by atoms with Gasteiger partial charge in [-0.25, -0.2) is 0 Å². The molecule has 23 heavy (non-hydrogen) atoms. The molecule has 0 aliphatic carbocycles. The molecule has 9 nitrogen and oxygen atoms in total. The van der Waals surface area contributed by atoms with E-state index < -0.39 is 31.0 Å². The zero-order valence-corrected chi connectivity index (χ0v) is 12.3. The van der Waals surface area contributed by atoms with Crippen LogP contribution in [0.15, 0.2) is 18.2 Å². The third kappa shape index (κ3) is 6.72. The molecule has 0 aromatic heterocycles. The molecule has 0 saturated carbocycles. The fraction of sp³-hybridized carbons (Fsp3) is 0.429. The smallest absolute Gasteiger partial charge is 0.161 e. The summed E-state index contributed by atoms with van der Waals surface area (Å²) in [5.74, 6) is 0.354. The fourth-order valence-corrected chi connectivity index (χ4v) is 1.39. The first kappa shape index (κ1) is 21.0. The standard InChI is InChI=1S/C8H8O3.C6H12O6/c1-11-8-4-6(5-9)2-3-7(8)10;7-1-3(9)5(11)6(12)4(10)2-8/h2-5,10H,1H3;1,3-6,8-12H,2H2/t;3-,4+,5+,6+/m.0/s1. The monoisotopic (exact) mass is 332 g/mol. The second-order valence-corrected chi connectivity index (χ2v) is 4.41. The highest BCUT2D eigenvalue weighted by Crippen LogP contribution is 2.25. The van der Waals surface area contributed by atoms with Crippen LogP contribution in [0.25, 0.3) is 0 Å². The number of aromatic hydroxyl groups is 1. The van der Waals surface area contributed by atoms with Crippen LogP contribution in [0.4, 0.5) is 0 Å². The Hall–Kier alpha value is -2.04. The molecule has 0 fully saturated rings. The largest absolute Gasteiger partial charge is 0.504 e. The van der Waals surface area contributed by atoms with E-state index in [0.29, 0.717) is 17.6 Å². The van der Waals surface area contributed by atoms with Crippen LogP contribution in [0.3, 0.4) is 0 Å². The van der Waals surface area contributed by atoms with Crippen LogP contribution in [-0.2, 0) is 4.79 Å². The van der Waals surface area contributed by atoms with Crippen molar-refractivity contribution in [1.29, 1.82) is 0 Å². The number of aldehydes is 2. The predicted octanol–water partition coefficient (Wildman–Crippen LogP) is -2.17. The van der Waals surface area contributed by atoms with Crippen molar-refractivity contribution < 1.29 is 45.0 Å². The first-order valence-electron chi connectivity index (χ1n) is 6.42. The minimum Gasteiger partial charge on any atom is -0.504 e. The van der Waals surface area contributed by atoms with Crippen molar-refractivity contribution in [3.8, 4) is 11.5 Å². The maximum absolute atomic E-state index is 10.2. The lowest BCUT2D eigenvalue weighted by Crippen LogP contribution is -2.46. The Bertz CT molecular complexity index is 491. The quantitative estimate of drug-likeness (QED) is 0.305. The number of hydrogen-bond donors (Lipinski definition) is 6. The van der Waals surface area contributed by atoms with Gasteiger partial charge in [0.2, 0.25) is 0 Å². The van der Waals surface area contributed by atoms with Gasteiger partial charge in [-0.05, 0) is 18.2 Å². The van der Waals surface area contributed by atoms with Crippen LogP contribution in [0.2, 0.25) is 0 Å². The predicted molar refractivity (Wildman–Crippen MR) is 77.2 cm³/mol. The SMILES string of the molecule is COc1cc(C=O)ccc1O.O=C[C@H](O)[C@@H](O)[C@H](O)[C@H](O)CO. The van der Waals surface area contributed by atoms with Gasteiger partial charge in [-0.2, -0.15) is 0 Å². The van der Waals surface area contributed by atoms with Crippen LogP contribution in [0, 0.1) is 0 Å². The Balaban J connectivity index is 0.000000422. The van der Waals surface area contributed by atoms with Crippen LogP contribution >= 0.6 is 0 Å². The van der Waals surface area contributed by atoms with E-state index in [1.807, 2.05) is 0 Å². The van der Waals surface area contributed by atoms with Gasteiger partial charge < -0.3 is 40.2 Å². The van der Waals surface area contributed by atoms with Crippen molar-refractivity contribution in [2.45, 2.75) is 24.4 Å². The number of phenols is 1. The number of aliphatic hydroxyl groups is 5. The highest BCUT2D eigenvalue weighted by Gasteiger charge is 2.29. The van der Waals surface area contributed by atoms with Crippen LogP contribution < -0.4 is 4.74 Å². The van der Waals surface area contributed by atoms with Gasteiger partial charge in [0, 0.05) is 5.56 Å². The molecule has 0 saturated heterocycles. The molecule has 1 rings (SSSR count). The summed E-state index contributed by atoms with van der Waals surface area (Å²) in [5.41, 5.74) is 0.486. The van der Waals surface area contributed by atoms with E-state index in [2.05, 4.69) is 0 Å². The second kappa shape index (κ2) is 10.6. The summed E-state index contributed by atoms with van der Waals surface area (Å²) in [7, 11) is 1.43. The number of rotatable bonds is 7. The number of ether oxygens (including phenoxy) is 1. The van der Waals surface area contributed by atoms with E-state index in [-0.39, 0.29) is 12.0 Å². The summed E-state index contributed by atoms with van der Waals surface area (Å²) >= 11 is 0. The molecule has 0 aliphatic rings. The normalized spacial score (nSPS) is 15.4. The zero-order chi connectivity index (χ0) is 18.0. The molecule has 0 amide bonds. The number of aliphatic hydroxyl groups excluding tert-OH is 5. The average molecular weight is 332 g/mol. The maximum atomic E-state index is 10.2. The van der Waals surface area contributed by atoms with Gasteiger partial charge in [-0.3, -0.25) is 4.79 Å². The van der Waals surface area contributed by atoms with Gasteiger partial charge in [0.15, 0.2) is 17.8 Å². The molecule has 0 bridgehead atoms. The van der Waals surface area contributed by atoms with E-state index in [1.165, 1.54) is 25.3 Å². The number of carbonyl (C=O) groups excluding carboxylic acids is 2. The van der Waals surface area contributed by atoms with E-state index in [1.54, 1.807) is 0 Å². The molecule has 0 aliphatic heterocycles. The highest BCUT2D eigenvalue weighted by molar-refractivity contribution is 5.76. The molecular formula is C14H20O9. The fourth-order valence-electron chi connectivity index (χ4n) is 1.39. The molecule has 4 atom stereocenters. The second-order valence-electron chi connectivity index (χ2n) is 4.41. The molecule has 6 N–H and O–H groups in total. The Morgan fingerprint density at radius 2 is 1.74 bits per heavy atom. The average Bonchev–Trinajstić information content (AvgIpc) is 2.59. The lowest BCUT2D eigenvalue weighted by atomic mass is 10.0. The summed E-state index contributed by atoms with van der Waals surface area (Å²) < 4.78 is 4.78. The van der Waals surface area contributed by atoms with E-state index in [0.717, 1.165) is 0 Å². The summed E-state index contributed by atoms with van der Waals surface area (Å²) in [6.07, 6.45) is -6.14. The molecule has 0 heterocycles. The summed E-state index contributed by atoms with van der Waals surface area (Å²) in [4.78, 5) is 20.1. The maximum Gasteiger partial charge on any atom is 0.161 e. The van der Waals surface area contributed by atoms with Crippen molar-refractivity contribution in [1.82, 2.24) is 0 Å². The topological polar surface area (TPSA) is 165 Å². The Kier molecular flexibility index (Phi) is 9.70. The van der Waals surface area contributed by atoms with Crippen molar-refractivity contribution in [2.75, 3.05) is 13.7 Å². The molecule has 9 heteroatoms. The highest BCUT2D eigenvalue weighted by atomic mass is 16.5. The first-order chi connectivity index (χ1) is 10.8. The molecular weight excluding hydrogens is 312 g/mol. The van der Waals surface area contributed by atoms with Gasteiger partial charge in [0.1, 0.15) is 30.7 Å². The summed E-state index contributed by atoms with van der Waals surface area (Å²) in [6, 6.07) is 4.41. The molecule has 0 radical (unpaired) electrons. The van der Waals surface area contributed by atoms with Crippen molar-refractivity contribution in [3.63, 3.8) is 0 Å². The molecule has 0 spiro atoms. The number of methoxy groups -OCH3 is 1. The zero-order valence-electron chi connectivity index (χ0n) is 12.3. The molecule has 130 valence electrons. The molecule has 0 unspecified atom stereocenters. The van der Waals surface area contributed by atoms with Gasteiger partial charge in [-0.1, -0.05) is 0 Å². The summed E-state index contributed by atoms with van der Waals surface area (Å²) in [6.45, 7) is -0.760. The lowest BCUT2D eigenvalue weighted by Gasteiger charge is -2.22. The van der Waals surface area contributed by atoms with Gasteiger partial charge in [-0.15, -0.1) is 0 Å². The lowest BCUT2D eigenvalue weighted by molar-refractivity contribution is -0.136. The van der Waals surface area contributed by atoms with Crippen LogP contribution in [-0.4, -0.2) is 81.3 Å². The van der Waals surface area contributed by atoms with Gasteiger partial charge in [0.05, 0.1) is 13.7 Å². The Labute approximate surface area is 132 Å². The van der Waals surface area contributed by atoms with Gasteiger partial charge in [0.25, 0.3) is 0 Å². The minimum absolute atomic E-state index is 0.0258. The third-order valence-corrected chi connectivity index (χ3v) is 2.76. The first-order valence-corrected chi connectivity index (χ1v) is 6.42. The van der Waals surface area contributed by atoms with E-state index in [4.69, 9.17) is 35.4 Å². The number of hydrogen-bond acceptors (Lipinski definition) is 9. The van der Waals surface area contributed by atoms with Crippen LogP contribution in [0.5, 0.6) is 11.5 Å². The van der Waals surface area contributed by atoms with Crippen molar-refractivity contribution in [2.24, 2.45) is 0 Å². The van der Waals surface area contributed by atoms with E-state index in [9.17, 15) is 9.59 Å². The Morgan fingerprint density at radius 3 is 2.17 bits per heavy atom. The Morgan fingerprint density at radius 1 is 1.13 bits per heavy atom. The molecule has 1 aromatic carbocycles. The number of carbonyl (C=O) groups is 2. The van der Waals surface area contributed by atoms with Crippen molar-refractivity contribution in [3.05, 3.63) is 23.8 Å². The van der Waals surface area contributed by atoms with E-state index >= 15 is 0 Å². The number of phenolic OH excluding ortho intramolecular Hbond substituents is 1. The third-order valence-electron chi connectivity index (χ3n) is 2.76. The van der Waals surface area contributed by atoms with Crippen molar-refractivity contribution >= 4 is 12.6 Å². The summed E-state index contributed by atoms with van der Waals surface area (Å²) in [5, 5.41) is 52.6. The van der Waals surface area contributed by atoms with Crippen LogP contribution in [0.1, 0.15) is 10.4 Å².